The van der Waals surface area contributed by atoms with Crippen LogP contribution in [0.25, 0.3) is 16.7 Å². The molecule has 0 bridgehead atoms. The van der Waals surface area contributed by atoms with E-state index in [1.807, 2.05) is 61.6 Å². The zero-order valence-corrected chi connectivity index (χ0v) is 14.2. The fourth-order valence-electron chi connectivity index (χ4n) is 2.78. The van der Waals surface area contributed by atoms with Crippen LogP contribution in [0.2, 0.25) is 0 Å². The van der Waals surface area contributed by atoms with Gasteiger partial charge in [-0.2, -0.15) is 4.98 Å². The molecule has 6 heteroatoms. The van der Waals surface area contributed by atoms with Crippen LogP contribution in [0, 0.1) is 0 Å². The highest BCUT2D eigenvalue weighted by Gasteiger charge is 2.09. The highest BCUT2D eigenvalue weighted by molar-refractivity contribution is 5.77. The first-order valence-corrected chi connectivity index (χ1v) is 8.24. The van der Waals surface area contributed by atoms with Gasteiger partial charge in [0.2, 0.25) is 5.95 Å². The maximum Gasteiger partial charge on any atom is 0.256 e. The van der Waals surface area contributed by atoms with Gasteiger partial charge in [0.05, 0.1) is 5.69 Å². The summed E-state index contributed by atoms with van der Waals surface area (Å²) in [5.74, 6) is 0.438. The largest absolute Gasteiger partial charge is 0.388 e. The lowest BCUT2D eigenvalue weighted by atomic mass is 10.2. The summed E-state index contributed by atoms with van der Waals surface area (Å²) in [5, 5.41) is 7.04. The molecule has 6 nitrogen and oxygen atoms in total. The van der Waals surface area contributed by atoms with Gasteiger partial charge in [-0.1, -0.05) is 24.3 Å². The first-order chi connectivity index (χ1) is 12.7. The molecule has 4 rings (SSSR count). The molecule has 0 aliphatic rings. The Balaban J connectivity index is 1.87. The molecular weight excluding hydrogens is 326 g/mol. The average Bonchev–Trinajstić information content (AvgIpc) is 2.68. The third-order valence-corrected chi connectivity index (χ3v) is 4.06. The number of nitrogens with one attached hydrogen (secondary N) is 2. The Morgan fingerprint density at radius 1 is 0.923 bits per heavy atom. The van der Waals surface area contributed by atoms with Gasteiger partial charge < -0.3 is 10.6 Å². The predicted octanol–water partition coefficient (Wildman–Crippen LogP) is 3.57. The van der Waals surface area contributed by atoms with Crippen molar-refractivity contribution >= 4 is 28.4 Å². The maximum absolute atomic E-state index is 12.6. The Morgan fingerprint density at radius 2 is 1.73 bits per heavy atom. The lowest BCUT2D eigenvalue weighted by molar-refractivity contribution is 1.01. The second-order valence-corrected chi connectivity index (χ2v) is 5.77. The van der Waals surface area contributed by atoms with Crippen molar-refractivity contribution in [2.75, 3.05) is 17.7 Å². The molecule has 2 aromatic carbocycles. The van der Waals surface area contributed by atoms with Crippen LogP contribution in [0.4, 0.5) is 17.3 Å². The van der Waals surface area contributed by atoms with Crippen molar-refractivity contribution in [1.29, 1.82) is 0 Å². The normalized spacial score (nSPS) is 10.7. The number of fused-ring (bicyclic) bond motifs is 1. The Hall–Kier alpha value is -3.67. The Labute approximate surface area is 150 Å². The topological polar surface area (TPSA) is 71.8 Å². The fourth-order valence-corrected chi connectivity index (χ4v) is 2.78. The van der Waals surface area contributed by atoms with E-state index in [4.69, 9.17) is 0 Å². The molecule has 0 amide bonds. The Morgan fingerprint density at radius 3 is 2.54 bits per heavy atom. The molecular formula is C20H17N5O. The molecule has 2 N–H and O–H groups in total. The molecule has 0 aliphatic heterocycles. The highest BCUT2D eigenvalue weighted by Crippen LogP contribution is 2.19. The van der Waals surface area contributed by atoms with Crippen molar-refractivity contribution in [3.8, 4) is 5.69 Å². The molecule has 0 radical (unpaired) electrons. The van der Waals surface area contributed by atoms with Crippen LogP contribution in [-0.4, -0.2) is 21.6 Å². The number of benzene rings is 2. The van der Waals surface area contributed by atoms with E-state index < -0.39 is 0 Å². The summed E-state index contributed by atoms with van der Waals surface area (Å²) in [5.41, 5.74) is 2.96. The zero-order chi connectivity index (χ0) is 17.9. The summed E-state index contributed by atoms with van der Waals surface area (Å²) < 4.78 is 1.59. The van der Waals surface area contributed by atoms with Crippen LogP contribution in [0.3, 0.4) is 0 Å². The first-order valence-electron chi connectivity index (χ1n) is 8.24. The van der Waals surface area contributed by atoms with E-state index in [9.17, 15) is 4.79 Å². The third kappa shape index (κ3) is 3.00. The lowest BCUT2D eigenvalue weighted by Gasteiger charge is -2.12. The third-order valence-electron chi connectivity index (χ3n) is 4.06. The molecule has 0 aliphatic carbocycles. The molecule has 0 fully saturated rings. The SMILES string of the molecule is CNc1cccc(-n2c(=O)ccc3cnc(Nc4ccccc4)nc32)c1. The van der Waals surface area contributed by atoms with Gasteiger partial charge in [-0.3, -0.25) is 9.36 Å². The van der Waals surface area contributed by atoms with Gasteiger partial charge in [-0.25, -0.2) is 4.98 Å². The summed E-state index contributed by atoms with van der Waals surface area (Å²) >= 11 is 0. The smallest absolute Gasteiger partial charge is 0.256 e. The molecule has 0 unspecified atom stereocenters. The summed E-state index contributed by atoms with van der Waals surface area (Å²) in [6.45, 7) is 0. The molecule has 0 spiro atoms. The number of nitrogens with zero attached hydrogens (tertiary/aromatic N) is 3. The van der Waals surface area contributed by atoms with Gasteiger partial charge >= 0.3 is 0 Å². The van der Waals surface area contributed by atoms with Crippen molar-refractivity contribution in [3.05, 3.63) is 83.3 Å². The van der Waals surface area contributed by atoms with Gasteiger partial charge in [-0.05, 0) is 36.4 Å². The van der Waals surface area contributed by atoms with Crippen molar-refractivity contribution in [2.45, 2.75) is 0 Å². The molecule has 2 heterocycles. The van der Waals surface area contributed by atoms with Gasteiger partial charge in [-0.15, -0.1) is 0 Å². The zero-order valence-electron chi connectivity index (χ0n) is 14.2. The quantitative estimate of drug-likeness (QED) is 0.593. The van der Waals surface area contributed by atoms with Crippen LogP contribution < -0.4 is 16.2 Å². The van der Waals surface area contributed by atoms with Crippen molar-refractivity contribution in [1.82, 2.24) is 14.5 Å². The molecule has 128 valence electrons. The number of rotatable bonds is 4. The van der Waals surface area contributed by atoms with E-state index in [0.29, 0.717) is 11.6 Å². The van der Waals surface area contributed by atoms with Crippen LogP contribution in [0.15, 0.2) is 77.7 Å². The Bertz CT molecular complexity index is 1120. The highest BCUT2D eigenvalue weighted by atomic mass is 16.1. The van der Waals surface area contributed by atoms with Crippen molar-refractivity contribution < 1.29 is 0 Å². The molecule has 26 heavy (non-hydrogen) atoms. The minimum atomic E-state index is -0.143. The Kier molecular flexibility index (Phi) is 4.07. The van der Waals surface area contributed by atoms with Crippen LogP contribution in [0.5, 0.6) is 0 Å². The number of para-hydroxylation sites is 1. The van der Waals surface area contributed by atoms with Crippen molar-refractivity contribution in [3.63, 3.8) is 0 Å². The molecule has 0 atom stereocenters. The van der Waals surface area contributed by atoms with E-state index in [-0.39, 0.29) is 5.56 Å². The minimum Gasteiger partial charge on any atom is -0.388 e. The first kappa shape index (κ1) is 15.8. The number of anilines is 3. The molecule has 0 saturated heterocycles. The fraction of sp³-hybridized carbons (Fsp3) is 0.0500. The second-order valence-electron chi connectivity index (χ2n) is 5.77. The van der Waals surface area contributed by atoms with Gasteiger partial charge in [0, 0.05) is 36.1 Å². The van der Waals surface area contributed by atoms with Crippen molar-refractivity contribution in [2.24, 2.45) is 0 Å². The summed E-state index contributed by atoms with van der Waals surface area (Å²) in [7, 11) is 1.84. The van der Waals surface area contributed by atoms with Crippen LogP contribution in [-0.2, 0) is 0 Å². The van der Waals surface area contributed by atoms with Crippen LogP contribution >= 0.6 is 0 Å². The van der Waals surface area contributed by atoms with E-state index in [1.54, 1.807) is 16.8 Å². The lowest BCUT2D eigenvalue weighted by Crippen LogP contribution is -2.18. The van der Waals surface area contributed by atoms with Gasteiger partial charge in [0.15, 0.2) is 5.65 Å². The summed E-state index contributed by atoms with van der Waals surface area (Å²) in [4.78, 5) is 21.5. The monoisotopic (exact) mass is 343 g/mol. The van der Waals surface area contributed by atoms with Gasteiger partial charge in [0.1, 0.15) is 0 Å². The number of hydrogen-bond donors (Lipinski definition) is 2. The molecule has 0 saturated carbocycles. The summed E-state index contributed by atoms with van der Waals surface area (Å²) in [6.07, 6.45) is 1.71. The number of hydrogen-bond acceptors (Lipinski definition) is 5. The van der Waals surface area contributed by atoms with Gasteiger partial charge in [0.25, 0.3) is 5.56 Å². The van der Waals surface area contributed by atoms with E-state index in [0.717, 1.165) is 22.4 Å². The average molecular weight is 343 g/mol. The van der Waals surface area contributed by atoms with E-state index in [2.05, 4.69) is 20.6 Å². The number of pyridine rings is 1. The minimum absolute atomic E-state index is 0.143. The number of aromatic nitrogens is 3. The summed E-state index contributed by atoms with van der Waals surface area (Å²) in [6, 6.07) is 20.6. The van der Waals surface area contributed by atoms with E-state index in [1.165, 1.54) is 6.07 Å². The second kappa shape index (κ2) is 6.68. The standard InChI is InChI=1S/C20H17N5O/c1-21-16-8-5-9-17(12-16)25-18(26)11-10-14-13-22-20(24-19(14)25)23-15-6-3-2-4-7-15/h2-13,21H,1H3,(H,22,23,24). The van der Waals surface area contributed by atoms with Crippen LogP contribution in [0.1, 0.15) is 0 Å². The van der Waals surface area contributed by atoms with E-state index >= 15 is 0 Å². The molecule has 4 aromatic rings. The maximum atomic E-state index is 12.6. The predicted molar refractivity (Wildman–Crippen MR) is 104 cm³/mol. The molecule has 2 aromatic heterocycles.